The molecule has 0 aliphatic rings. The van der Waals surface area contributed by atoms with Crippen molar-refractivity contribution in [1.82, 2.24) is 5.32 Å². The van der Waals surface area contributed by atoms with Gasteiger partial charge in [0.05, 0.1) is 10.4 Å². The lowest BCUT2D eigenvalue weighted by Crippen LogP contribution is -2.22. The monoisotopic (exact) mass is 247 g/mol. The molecule has 1 heterocycles. The molecule has 1 rings (SSSR count). The molecule has 4 heteroatoms. The molecule has 0 aliphatic carbocycles. The van der Waals surface area contributed by atoms with E-state index >= 15 is 0 Å². The third kappa shape index (κ3) is 4.51. The topological polar surface area (TPSA) is 32.3 Å². The van der Waals surface area contributed by atoms with Crippen molar-refractivity contribution in [2.24, 2.45) is 0 Å². The predicted octanol–water partition coefficient (Wildman–Crippen LogP) is 3.21. The third-order valence-electron chi connectivity index (χ3n) is 2.49. The summed E-state index contributed by atoms with van der Waals surface area (Å²) < 4.78 is 0.826. The van der Waals surface area contributed by atoms with Crippen LogP contribution in [0, 0.1) is 0 Å². The van der Waals surface area contributed by atoms with E-state index in [4.69, 9.17) is 11.6 Å². The molecule has 2 atom stereocenters. The first-order chi connectivity index (χ1) is 7.13. The van der Waals surface area contributed by atoms with E-state index in [9.17, 15) is 5.11 Å². The van der Waals surface area contributed by atoms with E-state index in [2.05, 4.69) is 17.6 Å². The summed E-state index contributed by atoms with van der Waals surface area (Å²) in [5, 5.41) is 14.8. The lowest BCUT2D eigenvalue weighted by atomic mass is 10.1. The van der Waals surface area contributed by atoms with Gasteiger partial charge in [-0.3, -0.25) is 0 Å². The van der Waals surface area contributed by atoms with Crippen LogP contribution in [0.4, 0.5) is 0 Å². The average molecular weight is 248 g/mol. The highest BCUT2D eigenvalue weighted by molar-refractivity contribution is 7.14. The maximum atomic E-state index is 9.39. The quantitative estimate of drug-likeness (QED) is 0.809. The lowest BCUT2D eigenvalue weighted by molar-refractivity contribution is 0.159. The van der Waals surface area contributed by atoms with Gasteiger partial charge in [-0.2, -0.15) is 0 Å². The fraction of sp³-hybridized carbons (Fsp3) is 0.636. The van der Waals surface area contributed by atoms with Gasteiger partial charge in [0.25, 0.3) is 0 Å². The Morgan fingerprint density at radius 1 is 1.60 bits per heavy atom. The molecule has 0 aromatic carbocycles. The van der Waals surface area contributed by atoms with Crippen molar-refractivity contribution in [3.05, 3.63) is 21.3 Å². The highest BCUT2D eigenvalue weighted by Crippen LogP contribution is 2.24. The number of hydrogen-bond acceptors (Lipinski definition) is 3. The van der Waals surface area contributed by atoms with Crippen LogP contribution < -0.4 is 5.32 Å². The van der Waals surface area contributed by atoms with E-state index < -0.39 is 0 Å². The van der Waals surface area contributed by atoms with Crippen molar-refractivity contribution in [2.45, 2.75) is 38.8 Å². The first kappa shape index (κ1) is 13.0. The molecule has 0 aliphatic heterocycles. The van der Waals surface area contributed by atoms with Crippen LogP contribution in [0.15, 0.2) is 11.4 Å². The van der Waals surface area contributed by atoms with Crippen LogP contribution in [0.2, 0.25) is 4.34 Å². The summed E-state index contributed by atoms with van der Waals surface area (Å²) in [7, 11) is 0. The van der Waals surface area contributed by atoms with Gasteiger partial charge in [0.15, 0.2) is 0 Å². The van der Waals surface area contributed by atoms with Crippen LogP contribution in [0.5, 0.6) is 0 Å². The van der Waals surface area contributed by atoms with Gasteiger partial charge in [0.1, 0.15) is 0 Å². The van der Waals surface area contributed by atoms with E-state index in [-0.39, 0.29) is 6.10 Å². The molecule has 86 valence electrons. The third-order valence-corrected chi connectivity index (χ3v) is 3.60. The Hall–Kier alpha value is -0.0900. The number of aliphatic hydroxyl groups excluding tert-OH is 1. The Kier molecular flexibility index (Phi) is 5.61. The predicted molar refractivity (Wildman–Crippen MR) is 66.7 cm³/mol. The van der Waals surface area contributed by atoms with Crippen LogP contribution in [0.1, 0.15) is 38.3 Å². The minimum Gasteiger partial charge on any atom is -0.393 e. The second-order valence-electron chi connectivity index (χ2n) is 3.71. The minimum atomic E-state index is -0.184. The highest BCUT2D eigenvalue weighted by atomic mass is 35.5. The van der Waals surface area contributed by atoms with E-state index in [1.807, 2.05) is 13.0 Å². The largest absolute Gasteiger partial charge is 0.393 e. The van der Waals surface area contributed by atoms with Crippen LogP contribution in [0.3, 0.4) is 0 Å². The molecule has 2 N–H and O–H groups in total. The molecule has 0 bridgehead atoms. The molecule has 0 amide bonds. The summed E-state index contributed by atoms with van der Waals surface area (Å²) in [5.41, 5.74) is 1.22. The van der Waals surface area contributed by atoms with Gasteiger partial charge < -0.3 is 10.4 Å². The van der Waals surface area contributed by atoms with Crippen LogP contribution in [0.25, 0.3) is 0 Å². The maximum Gasteiger partial charge on any atom is 0.0931 e. The summed E-state index contributed by atoms with van der Waals surface area (Å²) >= 11 is 7.42. The SMILES string of the molecule is CCC(O)CCNC(C)c1csc(Cl)c1. The van der Waals surface area contributed by atoms with E-state index in [1.54, 1.807) is 11.3 Å². The fourth-order valence-corrected chi connectivity index (χ4v) is 2.32. The Morgan fingerprint density at radius 2 is 2.33 bits per heavy atom. The van der Waals surface area contributed by atoms with Gasteiger partial charge in [-0.15, -0.1) is 11.3 Å². The number of hydrogen-bond donors (Lipinski definition) is 2. The minimum absolute atomic E-state index is 0.184. The molecule has 0 spiro atoms. The van der Waals surface area contributed by atoms with Gasteiger partial charge >= 0.3 is 0 Å². The second-order valence-corrected chi connectivity index (χ2v) is 5.25. The Morgan fingerprint density at radius 3 is 2.87 bits per heavy atom. The lowest BCUT2D eigenvalue weighted by Gasteiger charge is -2.14. The average Bonchev–Trinajstić information content (AvgIpc) is 2.64. The Balaban J connectivity index is 2.27. The van der Waals surface area contributed by atoms with Crippen molar-refractivity contribution >= 4 is 22.9 Å². The molecule has 15 heavy (non-hydrogen) atoms. The summed E-state index contributed by atoms with van der Waals surface area (Å²) in [6.45, 7) is 4.94. The zero-order chi connectivity index (χ0) is 11.3. The summed E-state index contributed by atoms with van der Waals surface area (Å²) in [5.74, 6) is 0. The molecular formula is C11H18ClNOS. The standard InChI is InChI=1S/C11H18ClNOS/c1-3-10(14)4-5-13-8(2)9-6-11(12)15-7-9/h6-8,10,13-14H,3-5H2,1-2H3. The Labute approximate surface area is 100 Å². The first-order valence-corrected chi connectivity index (χ1v) is 6.54. The van der Waals surface area contributed by atoms with Gasteiger partial charge in [0, 0.05) is 6.04 Å². The van der Waals surface area contributed by atoms with Gasteiger partial charge in [0.2, 0.25) is 0 Å². The zero-order valence-corrected chi connectivity index (χ0v) is 10.7. The molecular weight excluding hydrogens is 230 g/mol. The summed E-state index contributed by atoms with van der Waals surface area (Å²) in [6.07, 6.45) is 1.44. The van der Waals surface area contributed by atoms with E-state index in [0.29, 0.717) is 6.04 Å². The fourth-order valence-electron chi connectivity index (χ4n) is 1.34. The molecule has 0 fully saturated rings. The smallest absolute Gasteiger partial charge is 0.0931 e. The molecule has 1 aromatic rings. The van der Waals surface area contributed by atoms with Crippen LogP contribution >= 0.6 is 22.9 Å². The molecule has 1 aromatic heterocycles. The summed E-state index contributed by atoms with van der Waals surface area (Å²) in [6, 6.07) is 2.29. The Bertz CT molecular complexity index is 290. The van der Waals surface area contributed by atoms with Gasteiger partial charge in [-0.25, -0.2) is 0 Å². The number of thiophene rings is 1. The van der Waals surface area contributed by atoms with Crippen LogP contribution in [-0.4, -0.2) is 17.8 Å². The van der Waals surface area contributed by atoms with Gasteiger partial charge in [-0.05, 0) is 43.3 Å². The molecule has 0 saturated heterocycles. The molecule has 2 unspecified atom stereocenters. The normalized spacial score (nSPS) is 15.2. The number of aliphatic hydroxyl groups is 1. The van der Waals surface area contributed by atoms with Crippen molar-refractivity contribution in [3.63, 3.8) is 0 Å². The van der Waals surface area contributed by atoms with Crippen LogP contribution in [-0.2, 0) is 0 Å². The van der Waals surface area contributed by atoms with Crippen molar-refractivity contribution in [2.75, 3.05) is 6.54 Å². The van der Waals surface area contributed by atoms with E-state index in [0.717, 1.165) is 23.7 Å². The zero-order valence-electron chi connectivity index (χ0n) is 9.16. The number of halogens is 1. The highest BCUT2D eigenvalue weighted by Gasteiger charge is 2.07. The number of nitrogens with one attached hydrogen (secondary N) is 1. The number of rotatable bonds is 6. The molecule has 0 saturated carbocycles. The molecule has 0 radical (unpaired) electrons. The van der Waals surface area contributed by atoms with Crippen molar-refractivity contribution < 1.29 is 5.11 Å². The maximum absolute atomic E-state index is 9.39. The first-order valence-electron chi connectivity index (χ1n) is 5.28. The van der Waals surface area contributed by atoms with Crippen molar-refractivity contribution in [3.8, 4) is 0 Å². The summed E-state index contributed by atoms with van der Waals surface area (Å²) in [4.78, 5) is 0. The van der Waals surface area contributed by atoms with Gasteiger partial charge in [-0.1, -0.05) is 18.5 Å². The van der Waals surface area contributed by atoms with E-state index in [1.165, 1.54) is 5.56 Å². The van der Waals surface area contributed by atoms with Crippen molar-refractivity contribution in [1.29, 1.82) is 0 Å². The molecule has 2 nitrogen and oxygen atoms in total. The second kappa shape index (κ2) is 6.48.